The number of ether oxygens (including phenoxy) is 2. The molecule has 0 saturated heterocycles. The van der Waals surface area contributed by atoms with Gasteiger partial charge in [-0.3, -0.25) is 4.79 Å². The lowest BCUT2D eigenvalue weighted by molar-refractivity contribution is -0.127. The maximum Gasteiger partial charge on any atom is 0.260 e. The summed E-state index contributed by atoms with van der Waals surface area (Å²) >= 11 is 0. The van der Waals surface area contributed by atoms with Crippen LogP contribution in [0.25, 0.3) is 0 Å². The van der Waals surface area contributed by atoms with Gasteiger partial charge in [0.05, 0.1) is 6.10 Å². The van der Waals surface area contributed by atoms with E-state index in [1.807, 2.05) is 44.2 Å². The molecule has 0 fully saturated rings. The number of rotatable bonds is 8. The van der Waals surface area contributed by atoms with Crippen molar-refractivity contribution in [2.45, 2.75) is 39.4 Å². The fourth-order valence-corrected chi connectivity index (χ4v) is 1.50. The molecule has 1 atom stereocenters. The summed E-state index contributed by atoms with van der Waals surface area (Å²) in [5, 5.41) is 2.83. The lowest BCUT2D eigenvalue weighted by atomic mass is 10.3. The van der Waals surface area contributed by atoms with Gasteiger partial charge in [0, 0.05) is 13.2 Å². The van der Waals surface area contributed by atoms with E-state index >= 15 is 0 Å². The van der Waals surface area contributed by atoms with E-state index in [1.54, 1.807) is 6.92 Å². The minimum atomic E-state index is -0.492. The second-order valence-electron chi connectivity index (χ2n) is 4.64. The van der Waals surface area contributed by atoms with E-state index in [-0.39, 0.29) is 12.0 Å². The summed E-state index contributed by atoms with van der Waals surface area (Å²) in [5.41, 5.74) is 0. The van der Waals surface area contributed by atoms with Gasteiger partial charge in [-0.15, -0.1) is 0 Å². The normalized spacial score (nSPS) is 12.2. The van der Waals surface area contributed by atoms with Gasteiger partial charge >= 0.3 is 0 Å². The highest BCUT2D eigenvalue weighted by molar-refractivity contribution is 5.80. The molecule has 106 valence electrons. The molecular weight excluding hydrogens is 242 g/mol. The number of amides is 1. The summed E-state index contributed by atoms with van der Waals surface area (Å²) in [5.74, 6) is 0.599. The van der Waals surface area contributed by atoms with Gasteiger partial charge in [-0.2, -0.15) is 0 Å². The van der Waals surface area contributed by atoms with Gasteiger partial charge < -0.3 is 14.8 Å². The van der Waals surface area contributed by atoms with Crippen LogP contribution in [0.15, 0.2) is 30.3 Å². The molecule has 1 amide bonds. The lowest BCUT2D eigenvalue weighted by Crippen LogP contribution is -2.37. The van der Waals surface area contributed by atoms with Crippen LogP contribution in [0.1, 0.15) is 27.2 Å². The van der Waals surface area contributed by atoms with E-state index in [9.17, 15) is 4.79 Å². The molecule has 0 aromatic heterocycles. The number of hydrogen-bond donors (Lipinski definition) is 1. The molecule has 0 heterocycles. The average Bonchev–Trinajstić information content (AvgIpc) is 2.38. The predicted octanol–water partition coefficient (Wildman–Crippen LogP) is 2.39. The third-order valence-electron chi connectivity index (χ3n) is 2.50. The zero-order valence-corrected chi connectivity index (χ0v) is 11.9. The quantitative estimate of drug-likeness (QED) is 0.734. The molecule has 1 aromatic rings. The zero-order valence-electron chi connectivity index (χ0n) is 11.9. The van der Waals surface area contributed by atoms with Crippen LogP contribution in [0.5, 0.6) is 5.75 Å². The monoisotopic (exact) mass is 265 g/mol. The Bertz CT molecular complexity index is 365. The molecule has 19 heavy (non-hydrogen) atoms. The van der Waals surface area contributed by atoms with Crippen molar-refractivity contribution in [3.8, 4) is 5.75 Å². The highest BCUT2D eigenvalue weighted by Gasteiger charge is 2.13. The molecule has 0 unspecified atom stereocenters. The number of nitrogens with one attached hydrogen (secondary N) is 1. The van der Waals surface area contributed by atoms with Crippen LogP contribution >= 0.6 is 0 Å². The molecule has 0 bridgehead atoms. The third kappa shape index (κ3) is 6.82. The number of carbonyl (C=O) groups excluding carboxylic acids is 1. The Morgan fingerprint density at radius 1 is 1.21 bits per heavy atom. The molecule has 0 aliphatic carbocycles. The second-order valence-corrected chi connectivity index (χ2v) is 4.64. The Hall–Kier alpha value is -1.55. The first kappa shape index (κ1) is 15.5. The zero-order chi connectivity index (χ0) is 14.1. The molecule has 0 spiro atoms. The fraction of sp³-hybridized carbons (Fsp3) is 0.533. The minimum absolute atomic E-state index is 0.103. The molecule has 0 aliphatic heterocycles. The van der Waals surface area contributed by atoms with Crippen molar-refractivity contribution in [1.82, 2.24) is 5.32 Å². The standard InChI is InChI=1S/C15H23NO3/c1-12(2)18-11-7-10-16-15(17)13(3)19-14-8-5-4-6-9-14/h4-6,8-9,12-13H,7,10-11H2,1-3H3,(H,16,17)/t13-/m0/s1. The summed E-state index contributed by atoms with van der Waals surface area (Å²) in [6.07, 6.45) is 0.548. The molecule has 1 N–H and O–H groups in total. The van der Waals surface area contributed by atoms with Crippen molar-refractivity contribution in [3.63, 3.8) is 0 Å². The molecule has 4 heteroatoms. The van der Waals surface area contributed by atoms with E-state index in [1.165, 1.54) is 0 Å². The van der Waals surface area contributed by atoms with Crippen molar-refractivity contribution < 1.29 is 14.3 Å². The van der Waals surface area contributed by atoms with Crippen LogP contribution in [0.2, 0.25) is 0 Å². The van der Waals surface area contributed by atoms with Crippen LogP contribution < -0.4 is 10.1 Å². The van der Waals surface area contributed by atoms with E-state index < -0.39 is 6.10 Å². The van der Waals surface area contributed by atoms with Gasteiger partial charge in [-0.05, 0) is 39.3 Å². The number of carbonyl (C=O) groups is 1. The Kier molecular flexibility index (Phi) is 6.97. The van der Waals surface area contributed by atoms with Crippen molar-refractivity contribution in [3.05, 3.63) is 30.3 Å². The summed E-state index contributed by atoms with van der Waals surface area (Å²) < 4.78 is 10.9. The van der Waals surface area contributed by atoms with Crippen molar-refractivity contribution in [2.75, 3.05) is 13.2 Å². The molecule has 1 aromatic carbocycles. The SMILES string of the molecule is CC(C)OCCCNC(=O)[C@H](C)Oc1ccccc1. The van der Waals surface area contributed by atoms with Gasteiger partial charge in [-0.25, -0.2) is 0 Å². The Morgan fingerprint density at radius 3 is 2.53 bits per heavy atom. The molecule has 0 saturated carbocycles. The van der Waals surface area contributed by atoms with Crippen LogP contribution in [-0.4, -0.2) is 31.3 Å². The van der Waals surface area contributed by atoms with E-state index in [0.717, 1.165) is 6.42 Å². The second kappa shape index (κ2) is 8.53. The maximum absolute atomic E-state index is 11.8. The first-order chi connectivity index (χ1) is 9.09. The van der Waals surface area contributed by atoms with E-state index in [4.69, 9.17) is 9.47 Å². The number of para-hydroxylation sites is 1. The first-order valence-electron chi connectivity index (χ1n) is 6.70. The minimum Gasteiger partial charge on any atom is -0.481 e. The molecular formula is C15H23NO3. The van der Waals surface area contributed by atoms with Gasteiger partial charge in [0.1, 0.15) is 5.75 Å². The van der Waals surface area contributed by atoms with Crippen molar-refractivity contribution >= 4 is 5.91 Å². The van der Waals surface area contributed by atoms with Gasteiger partial charge in [-0.1, -0.05) is 18.2 Å². The smallest absolute Gasteiger partial charge is 0.260 e. The van der Waals surface area contributed by atoms with Crippen LogP contribution in [-0.2, 0) is 9.53 Å². The molecule has 0 radical (unpaired) electrons. The topological polar surface area (TPSA) is 47.6 Å². The first-order valence-corrected chi connectivity index (χ1v) is 6.70. The van der Waals surface area contributed by atoms with Gasteiger partial charge in [0.15, 0.2) is 6.10 Å². The lowest BCUT2D eigenvalue weighted by Gasteiger charge is -2.14. The molecule has 0 aliphatic rings. The summed E-state index contributed by atoms with van der Waals surface area (Å²) in [6.45, 7) is 7.00. The van der Waals surface area contributed by atoms with Crippen molar-refractivity contribution in [1.29, 1.82) is 0 Å². The Morgan fingerprint density at radius 2 is 1.89 bits per heavy atom. The maximum atomic E-state index is 11.8. The van der Waals surface area contributed by atoms with Crippen LogP contribution in [0, 0.1) is 0 Å². The highest BCUT2D eigenvalue weighted by atomic mass is 16.5. The summed E-state index contributed by atoms with van der Waals surface area (Å²) in [6, 6.07) is 9.33. The Balaban J connectivity index is 2.18. The summed E-state index contributed by atoms with van der Waals surface area (Å²) in [7, 11) is 0. The average molecular weight is 265 g/mol. The van der Waals surface area contributed by atoms with Crippen molar-refractivity contribution in [2.24, 2.45) is 0 Å². The molecule has 4 nitrogen and oxygen atoms in total. The van der Waals surface area contributed by atoms with E-state index in [2.05, 4.69) is 5.32 Å². The molecule has 1 rings (SSSR count). The highest BCUT2D eigenvalue weighted by Crippen LogP contribution is 2.10. The van der Waals surface area contributed by atoms with Gasteiger partial charge in [0.25, 0.3) is 5.91 Å². The van der Waals surface area contributed by atoms with Crippen LogP contribution in [0.3, 0.4) is 0 Å². The summed E-state index contributed by atoms with van der Waals surface area (Å²) in [4.78, 5) is 11.8. The number of benzene rings is 1. The fourth-order valence-electron chi connectivity index (χ4n) is 1.50. The van der Waals surface area contributed by atoms with Crippen LogP contribution in [0.4, 0.5) is 0 Å². The number of hydrogen-bond acceptors (Lipinski definition) is 3. The van der Waals surface area contributed by atoms with E-state index in [0.29, 0.717) is 18.9 Å². The largest absolute Gasteiger partial charge is 0.481 e. The predicted molar refractivity (Wildman–Crippen MR) is 75.2 cm³/mol. The van der Waals surface area contributed by atoms with Gasteiger partial charge in [0.2, 0.25) is 0 Å². The Labute approximate surface area is 115 Å². The third-order valence-corrected chi connectivity index (χ3v) is 2.50.